The van der Waals surface area contributed by atoms with Gasteiger partial charge in [0.05, 0.1) is 10.6 Å². The maximum absolute atomic E-state index is 14.7. The van der Waals surface area contributed by atoms with Crippen molar-refractivity contribution in [3.63, 3.8) is 0 Å². The molecule has 2 N–H and O–H groups in total. The van der Waals surface area contributed by atoms with E-state index in [0.29, 0.717) is 5.02 Å². The quantitative estimate of drug-likeness (QED) is 0.730. The van der Waals surface area contributed by atoms with Crippen molar-refractivity contribution in [3.05, 3.63) is 64.7 Å². The minimum absolute atomic E-state index is 0.0570. The van der Waals surface area contributed by atoms with Crippen LogP contribution < -0.4 is 5.14 Å². The number of hydrogen-bond donors (Lipinski definition) is 1. The zero-order valence-corrected chi connectivity index (χ0v) is 17.7. The summed E-state index contributed by atoms with van der Waals surface area (Å²) in [7, 11) is -7.88. The van der Waals surface area contributed by atoms with Crippen LogP contribution in [-0.4, -0.2) is 22.6 Å². The third-order valence-corrected chi connectivity index (χ3v) is 9.18. The fourth-order valence-electron chi connectivity index (χ4n) is 4.01. The Morgan fingerprint density at radius 1 is 1.00 bits per heavy atom. The van der Waals surface area contributed by atoms with Gasteiger partial charge < -0.3 is 0 Å². The summed E-state index contributed by atoms with van der Waals surface area (Å²) in [6.45, 7) is 0. The molecule has 2 aromatic carbocycles. The topological polar surface area (TPSA) is 94.3 Å². The third kappa shape index (κ3) is 4.47. The molecule has 5 nitrogen and oxygen atoms in total. The maximum atomic E-state index is 14.7. The van der Waals surface area contributed by atoms with Gasteiger partial charge in [0.25, 0.3) is 0 Å². The van der Waals surface area contributed by atoms with Crippen molar-refractivity contribution in [2.75, 3.05) is 5.75 Å². The van der Waals surface area contributed by atoms with Crippen LogP contribution in [0.1, 0.15) is 31.2 Å². The molecule has 1 saturated carbocycles. The maximum Gasteiger partial charge on any atom is 0.209 e. The van der Waals surface area contributed by atoms with Crippen LogP contribution in [-0.2, 0) is 24.6 Å². The Kier molecular flexibility index (Phi) is 6.06. The van der Waals surface area contributed by atoms with E-state index < -0.39 is 36.2 Å². The lowest BCUT2D eigenvalue weighted by Crippen LogP contribution is -2.42. The van der Waals surface area contributed by atoms with E-state index in [-0.39, 0.29) is 47.8 Å². The highest BCUT2D eigenvalue weighted by atomic mass is 35.5. The van der Waals surface area contributed by atoms with Crippen LogP contribution in [0, 0.1) is 17.6 Å². The second-order valence-electron chi connectivity index (χ2n) is 7.35. The molecule has 2 aromatic rings. The average Bonchev–Trinajstić information content (AvgIpc) is 2.63. The van der Waals surface area contributed by atoms with Crippen molar-refractivity contribution in [1.29, 1.82) is 0 Å². The largest absolute Gasteiger partial charge is 0.229 e. The highest BCUT2D eigenvalue weighted by Gasteiger charge is 2.50. The zero-order valence-electron chi connectivity index (χ0n) is 15.3. The Balaban J connectivity index is 2.11. The van der Waals surface area contributed by atoms with Gasteiger partial charge in [-0.15, -0.1) is 0 Å². The predicted octanol–water partition coefficient (Wildman–Crippen LogP) is 3.77. The molecule has 10 heteroatoms. The van der Waals surface area contributed by atoms with E-state index in [1.807, 2.05) is 0 Å². The molecule has 0 heterocycles. The van der Waals surface area contributed by atoms with Crippen LogP contribution in [0.2, 0.25) is 5.02 Å². The van der Waals surface area contributed by atoms with E-state index >= 15 is 0 Å². The van der Waals surface area contributed by atoms with Gasteiger partial charge in [0.2, 0.25) is 10.0 Å². The number of sulfone groups is 1. The number of sulfonamides is 1. The Bertz CT molecular complexity index is 1110. The Morgan fingerprint density at radius 3 is 2.14 bits per heavy atom. The molecule has 0 bridgehead atoms. The molecular weight excluding hydrogens is 444 g/mol. The standard InChI is InChI=1S/C19H20ClF2NO4S2/c20-14-1-4-16(5-2-14)29(26,27)19(17-11-15(21)3-6-18(17)22)9-7-13(8-10-19)12-28(23,24)25/h1-6,11,13H,7-10,12H2,(H2,23,24,25). The lowest BCUT2D eigenvalue weighted by atomic mass is 9.78. The van der Waals surface area contributed by atoms with Gasteiger partial charge in [-0.1, -0.05) is 11.6 Å². The van der Waals surface area contributed by atoms with Gasteiger partial charge >= 0.3 is 0 Å². The summed E-state index contributed by atoms with van der Waals surface area (Å²) >= 11 is 5.85. The van der Waals surface area contributed by atoms with Crippen LogP contribution in [0.4, 0.5) is 8.78 Å². The van der Waals surface area contributed by atoms with Crippen molar-refractivity contribution in [2.45, 2.75) is 35.3 Å². The molecule has 0 radical (unpaired) electrons. The van der Waals surface area contributed by atoms with Crippen molar-refractivity contribution >= 4 is 31.5 Å². The van der Waals surface area contributed by atoms with Crippen LogP contribution in [0.3, 0.4) is 0 Å². The second kappa shape index (κ2) is 7.94. The highest BCUT2D eigenvalue weighted by molar-refractivity contribution is 7.92. The number of primary sulfonamides is 1. The molecule has 1 aliphatic carbocycles. The molecule has 1 fully saturated rings. The summed E-state index contributed by atoms with van der Waals surface area (Å²) in [6.07, 6.45) is 0.273. The summed E-state index contributed by atoms with van der Waals surface area (Å²) in [5.41, 5.74) is -0.249. The molecule has 1 aliphatic rings. The Morgan fingerprint density at radius 2 is 1.59 bits per heavy atom. The zero-order chi connectivity index (χ0) is 21.4. The lowest BCUT2D eigenvalue weighted by molar-refractivity contribution is 0.303. The summed E-state index contributed by atoms with van der Waals surface area (Å²) in [6, 6.07) is 8.21. The van der Waals surface area contributed by atoms with E-state index in [4.69, 9.17) is 16.7 Å². The first kappa shape index (κ1) is 22.1. The smallest absolute Gasteiger partial charge is 0.209 e. The molecular formula is C19H20ClF2NO4S2. The molecule has 0 spiro atoms. The van der Waals surface area contributed by atoms with Crippen LogP contribution in [0.25, 0.3) is 0 Å². The predicted molar refractivity (Wildman–Crippen MR) is 107 cm³/mol. The van der Waals surface area contributed by atoms with Crippen molar-refractivity contribution in [1.82, 2.24) is 0 Å². The molecule has 0 amide bonds. The molecule has 0 saturated heterocycles. The van der Waals surface area contributed by atoms with Crippen LogP contribution in [0.5, 0.6) is 0 Å². The fraction of sp³-hybridized carbons (Fsp3) is 0.368. The molecule has 0 aromatic heterocycles. The normalized spacial score (nSPS) is 23.1. The molecule has 3 rings (SSSR count). The van der Waals surface area contributed by atoms with Gasteiger partial charge in [-0.3, -0.25) is 0 Å². The van der Waals surface area contributed by atoms with Crippen molar-refractivity contribution in [3.8, 4) is 0 Å². The van der Waals surface area contributed by atoms with E-state index in [0.717, 1.165) is 18.2 Å². The fourth-order valence-corrected chi connectivity index (χ4v) is 7.29. The van der Waals surface area contributed by atoms with E-state index in [1.165, 1.54) is 24.3 Å². The summed E-state index contributed by atoms with van der Waals surface area (Å²) in [4.78, 5) is -0.0598. The monoisotopic (exact) mass is 463 g/mol. The summed E-state index contributed by atoms with van der Waals surface area (Å²) < 4.78 is 77.0. The van der Waals surface area contributed by atoms with Crippen molar-refractivity contribution < 1.29 is 25.6 Å². The number of benzene rings is 2. The number of nitrogens with two attached hydrogens (primary N) is 1. The molecule has 0 atom stereocenters. The first-order valence-electron chi connectivity index (χ1n) is 8.91. The van der Waals surface area contributed by atoms with E-state index in [1.54, 1.807) is 0 Å². The Hall–Kier alpha value is -1.55. The van der Waals surface area contributed by atoms with Gasteiger partial charge in [0.1, 0.15) is 16.4 Å². The van der Waals surface area contributed by atoms with Gasteiger partial charge in [-0.2, -0.15) is 0 Å². The van der Waals surface area contributed by atoms with Gasteiger partial charge in [0, 0.05) is 10.6 Å². The van der Waals surface area contributed by atoms with Gasteiger partial charge in [0.15, 0.2) is 9.84 Å². The second-order valence-corrected chi connectivity index (χ2v) is 11.7. The molecule has 0 unspecified atom stereocenters. The number of rotatable bonds is 5. The molecule has 158 valence electrons. The average molecular weight is 464 g/mol. The molecule has 29 heavy (non-hydrogen) atoms. The van der Waals surface area contributed by atoms with Crippen LogP contribution >= 0.6 is 11.6 Å². The SMILES string of the molecule is NS(=O)(=O)CC1CCC(c2cc(F)ccc2F)(S(=O)(=O)c2ccc(Cl)cc2)CC1. The number of hydrogen-bond acceptors (Lipinski definition) is 4. The third-order valence-electron chi connectivity index (χ3n) is 5.44. The highest BCUT2D eigenvalue weighted by Crippen LogP contribution is 2.49. The first-order chi connectivity index (χ1) is 13.4. The minimum atomic E-state index is -4.15. The minimum Gasteiger partial charge on any atom is -0.229 e. The van der Waals surface area contributed by atoms with E-state index in [9.17, 15) is 25.6 Å². The first-order valence-corrected chi connectivity index (χ1v) is 12.5. The van der Waals surface area contributed by atoms with E-state index in [2.05, 4.69) is 0 Å². The van der Waals surface area contributed by atoms with Gasteiger partial charge in [-0.05, 0) is 74.1 Å². The number of halogens is 3. The Labute approximate surface area is 173 Å². The lowest BCUT2D eigenvalue weighted by Gasteiger charge is -2.40. The molecule has 0 aliphatic heterocycles. The summed E-state index contributed by atoms with van der Waals surface area (Å²) in [5, 5.41) is 5.45. The summed E-state index contributed by atoms with van der Waals surface area (Å²) in [5.74, 6) is -2.21. The van der Waals surface area contributed by atoms with Gasteiger partial charge in [-0.25, -0.2) is 30.8 Å². The van der Waals surface area contributed by atoms with Crippen molar-refractivity contribution in [2.24, 2.45) is 11.1 Å². The van der Waals surface area contributed by atoms with Crippen LogP contribution in [0.15, 0.2) is 47.4 Å².